The van der Waals surface area contributed by atoms with Gasteiger partial charge in [0.05, 0.1) is 0 Å². The molecule has 0 fully saturated rings. The summed E-state index contributed by atoms with van der Waals surface area (Å²) in [4.78, 5) is 0. The van der Waals surface area contributed by atoms with E-state index < -0.39 is 12.3 Å². The molecule has 9 heavy (non-hydrogen) atoms. The number of nitrogens with two attached hydrogens (primary N) is 1. The third-order valence-corrected chi connectivity index (χ3v) is 1.05. The Labute approximate surface area is 60.0 Å². The van der Waals surface area contributed by atoms with Gasteiger partial charge in [-0.3, -0.25) is 0 Å². The first-order valence-electron chi connectivity index (χ1n) is 2.66. The van der Waals surface area contributed by atoms with E-state index in [-0.39, 0.29) is 12.4 Å². The molecule has 0 aromatic heterocycles. The summed E-state index contributed by atoms with van der Waals surface area (Å²) in [6.45, 7) is 1.85. The molecule has 1 unspecified atom stereocenters. The highest BCUT2D eigenvalue weighted by Crippen LogP contribution is 2.10. The standard InChI is InChI=1S/C5H11F2N.ClH/c1-4(2-3-8)5(6)7;/h4-5H,2-3,8H2,1H3;1H. The molecule has 0 rings (SSSR count). The maximum atomic E-state index is 11.6. The Morgan fingerprint density at radius 1 is 1.44 bits per heavy atom. The van der Waals surface area contributed by atoms with E-state index in [1.54, 1.807) is 0 Å². The lowest BCUT2D eigenvalue weighted by molar-refractivity contribution is 0.0832. The summed E-state index contributed by atoms with van der Waals surface area (Å²) in [5.41, 5.74) is 5.03. The molecule has 0 aliphatic heterocycles. The summed E-state index contributed by atoms with van der Waals surface area (Å²) >= 11 is 0. The Bertz CT molecular complexity index is 60.9. The largest absolute Gasteiger partial charge is 0.330 e. The molecule has 0 aliphatic carbocycles. The molecular weight excluding hydrogens is 148 g/mol. The number of hydrogen-bond donors (Lipinski definition) is 1. The zero-order chi connectivity index (χ0) is 6.57. The van der Waals surface area contributed by atoms with Crippen LogP contribution in [0.5, 0.6) is 0 Å². The van der Waals surface area contributed by atoms with Gasteiger partial charge in [-0.15, -0.1) is 12.4 Å². The van der Waals surface area contributed by atoms with Crippen LogP contribution >= 0.6 is 12.4 Å². The fourth-order valence-electron chi connectivity index (χ4n) is 0.389. The fraction of sp³-hybridized carbons (Fsp3) is 1.00. The maximum absolute atomic E-state index is 11.6. The zero-order valence-electron chi connectivity index (χ0n) is 5.31. The second-order valence-corrected chi connectivity index (χ2v) is 1.89. The van der Waals surface area contributed by atoms with Crippen LogP contribution < -0.4 is 5.73 Å². The first-order valence-corrected chi connectivity index (χ1v) is 2.66. The molecule has 0 heterocycles. The van der Waals surface area contributed by atoms with Gasteiger partial charge in [0.2, 0.25) is 6.43 Å². The van der Waals surface area contributed by atoms with Crippen molar-refractivity contribution in [1.82, 2.24) is 0 Å². The normalized spacial score (nSPS) is 13.0. The molecule has 0 aromatic rings. The molecule has 0 bridgehead atoms. The van der Waals surface area contributed by atoms with Crippen molar-refractivity contribution in [3.8, 4) is 0 Å². The molecule has 1 nitrogen and oxygen atoms in total. The van der Waals surface area contributed by atoms with Crippen LogP contribution in [-0.4, -0.2) is 13.0 Å². The first-order chi connectivity index (χ1) is 3.68. The Hall–Kier alpha value is 0.110. The Kier molecular flexibility index (Phi) is 8.21. The quantitative estimate of drug-likeness (QED) is 0.666. The van der Waals surface area contributed by atoms with E-state index >= 15 is 0 Å². The highest BCUT2D eigenvalue weighted by atomic mass is 35.5. The minimum absolute atomic E-state index is 0. The van der Waals surface area contributed by atoms with Crippen molar-refractivity contribution in [3.05, 3.63) is 0 Å². The molecule has 1 atom stereocenters. The topological polar surface area (TPSA) is 26.0 Å². The van der Waals surface area contributed by atoms with Gasteiger partial charge in [-0.05, 0) is 13.0 Å². The van der Waals surface area contributed by atoms with Crippen LogP contribution in [0.3, 0.4) is 0 Å². The van der Waals surface area contributed by atoms with Gasteiger partial charge in [0.25, 0.3) is 0 Å². The van der Waals surface area contributed by atoms with E-state index in [2.05, 4.69) is 0 Å². The van der Waals surface area contributed by atoms with Crippen molar-refractivity contribution >= 4 is 12.4 Å². The lowest BCUT2D eigenvalue weighted by Gasteiger charge is -2.05. The first kappa shape index (κ1) is 11.9. The van der Waals surface area contributed by atoms with Crippen molar-refractivity contribution in [2.75, 3.05) is 6.54 Å². The van der Waals surface area contributed by atoms with Crippen molar-refractivity contribution in [3.63, 3.8) is 0 Å². The SMILES string of the molecule is CC(CCN)C(F)F.Cl. The summed E-state index contributed by atoms with van der Waals surface area (Å²) in [6, 6.07) is 0. The molecule has 4 heteroatoms. The zero-order valence-corrected chi connectivity index (χ0v) is 6.13. The van der Waals surface area contributed by atoms with Gasteiger partial charge in [0, 0.05) is 5.92 Å². The van der Waals surface area contributed by atoms with Crippen LogP contribution in [0.25, 0.3) is 0 Å². The average molecular weight is 160 g/mol. The fourth-order valence-corrected chi connectivity index (χ4v) is 0.389. The van der Waals surface area contributed by atoms with Gasteiger partial charge in [-0.1, -0.05) is 6.92 Å². The average Bonchev–Trinajstić information content (AvgIpc) is 1.67. The summed E-state index contributed by atoms with van der Waals surface area (Å²) < 4.78 is 23.1. The Balaban J connectivity index is 0. The van der Waals surface area contributed by atoms with Crippen molar-refractivity contribution in [2.24, 2.45) is 11.7 Å². The molecule has 0 saturated carbocycles. The predicted octanol–water partition coefficient (Wildman–Crippen LogP) is 1.66. The summed E-state index contributed by atoms with van der Waals surface area (Å²) in [5.74, 6) is -0.542. The lowest BCUT2D eigenvalue weighted by atomic mass is 10.1. The van der Waals surface area contributed by atoms with E-state index in [0.29, 0.717) is 13.0 Å². The number of rotatable bonds is 3. The third kappa shape index (κ3) is 5.99. The summed E-state index contributed by atoms with van der Waals surface area (Å²) in [5, 5.41) is 0. The number of hydrogen-bond acceptors (Lipinski definition) is 1. The molecule has 0 aliphatic rings. The molecule has 0 aromatic carbocycles. The van der Waals surface area contributed by atoms with Crippen molar-refractivity contribution < 1.29 is 8.78 Å². The van der Waals surface area contributed by atoms with E-state index in [0.717, 1.165) is 0 Å². The monoisotopic (exact) mass is 159 g/mol. The van der Waals surface area contributed by atoms with Crippen LogP contribution in [0.4, 0.5) is 8.78 Å². The summed E-state index contributed by atoms with van der Waals surface area (Å²) in [7, 11) is 0. The molecule has 0 amide bonds. The van der Waals surface area contributed by atoms with E-state index in [4.69, 9.17) is 5.73 Å². The highest BCUT2D eigenvalue weighted by Gasteiger charge is 2.11. The Morgan fingerprint density at radius 3 is 2.00 bits per heavy atom. The maximum Gasteiger partial charge on any atom is 0.241 e. The smallest absolute Gasteiger partial charge is 0.241 e. The second kappa shape index (κ2) is 6.23. The minimum atomic E-state index is -2.21. The molecule has 0 saturated heterocycles. The molecule has 0 spiro atoms. The molecule has 2 N–H and O–H groups in total. The van der Waals surface area contributed by atoms with Crippen LogP contribution in [0.2, 0.25) is 0 Å². The van der Waals surface area contributed by atoms with Crippen LogP contribution in [0, 0.1) is 5.92 Å². The van der Waals surface area contributed by atoms with E-state index in [1.807, 2.05) is 0 Å². The number of halogens is 3. The molecule has 58 valence electrons. The van der Waals surface area contributed by atoms with Crippen molar-refractivity contribution in [2.45, 2.75) is 19.8 Å². The van der Waals surface area contributed by atoms with Gasteiger partial charge in [0.1, 0.15) is 0 Å². The van der Waals surface area contributed by atoms with Crippen molar-refractivity contribution in [1.29, 1.82) is 0 Å². The third-order valence-electron chi connectivity index (χ3n) is 1.05. The van der Waals surface area contributed by atoms with Gasteiger partial charge < -0.3 is 5.73 Å². The second-order valence-electron chi connectivity index (χ2n) is 1.89. The highest BCUT2D eigenvalue weighted by molar-refractivity contribution is 5.85. The summed E-state index contributed by atoms with van der Waals surface area (Å²) in [6.07, 6.45) is -1.80. The van der Waals surface area contributed by atoms with Gasteiger partial charge in [0.15, 0.2) is 0 Å². The molecule has 0 radical (unpaired) electrons. The van der Waals surface area contributed by atoms with E-state index in [1.165, 1.54) is 6.92 Å². The van der Waals surface area contributed by atoms with Gasteiger partial charge in [-0.25, -0.2) is 8.78 Å². The minimum Gasteiger partial charge on any atom is -0.330 e. The van der Waals surface area contributed by atoms with Crippen LogP contribution in [-0.2, 0) is 0 Å². The van der Waals surface area contributed by atoms with Gasteiger partial charge in [-0.2, -0.15) is 0 Å². The van der Waals surface area contributed by atoms with E-state index in [9.17, 15) is 8.78 Å². The van der Waals surface area contributed by atoms with Gasteiger partial charge >= 0.3 is 0 Å². The molecular formula is C5H12ClF2N. The predicted molar refractivity (Wildman–Crippen MR) is 36.1 cm³/mol. The Morgan fingerprint density at radius 2 is 1.89 bits per heavy atom. The van der Waals surface area contributed by atoms with Crippen LogP contribution in [0.1, 0.15) is 13.3 Å². The van der Waals surface area contributed by atoms with Crippen LogP contribution in [0.15, 0.2) is 0 Å². The number of alkyl halides is 2. The lowest BCUT2D eigenvalue weighted by Crippen LogP contribution is -2.12.